The molecule has 0 rings (SSSR count). The van der Waals surface area contributed by atoms with Gasteiger partial charge in [0.25, 0.3) is 0 Å². The van der Waals surface area contributed by atoms with Crippen molar-refractivity contribution in [3.63, 3.8) is 0 Å². The smallest absolute Gasteiger partial charge is 0.307 e. The Morgan fingerprint density at radius 2 is 1.37 bits per heavy atom. The molecule has 0 saturated heterocycles. The van der Waals surface area contributed by atoms with Crippen LogP contribution >= 0.6 is 0 Å². The largest absolute Gasteiger partial charge is 0.481 e. The first kappa shape index (κ1) is 25.7. The van der Waals surface area contributed by atoms with Crippen LogP contribution in [0.4, 0.5) is 0 Å². The van der Waals surface area contributed by atoms with Crippen LogP contribution in [0.2, 0.25) is 0 Å². The van der Waals surface area contributed by atoms with Crippen LogP contribution in [-0.2, 0) is 14.3 Å². The van der Waals surface area contributed by atoms with E-state index in [9.17, 15) is 14.7 Å². The predicted molar refractivity (Wildman–Crippen MR) is 112 cm³/mol. The zero-order valence-corrected chi connectivity index (χ0v) is 17.7. The summed E-state index contributed by atoms with van der Waals surface area (Å²) in [4.78, 5) is 22.8. The molecule has 0 heterocycles. The van der Waals surface area contributed by atoms with Crippen molar-refractivity contribution in [3.8, 4) is 0 Å². The summed E-state index contributed by atoms with van der Waals surface area (Å²) < 4.78 is 4.99. The maximum absolute atomic E-state index is 11.6. The van der Waals surface area contributed by atoms with E-state index >= 15 is 0 Å². The number of carbonyl (C=O) groups is 2. The van der Waals surface area contributed by atoms with E-state index in [2.05, 4.69) is 19.1 Å². The third kappa shape index (κ3) is 17.8. The number of allylic oxidation sites excluding steroid dienone is 2. The van der Waals surface area contributed by atoms with Gasteiger partial charge in [0.2, 0.25) is 0 Å². The van der Waals surface area contributed by atoms with Crippen molar-refractivity contribution in [1.82, 2.24) is 0 Å². The van der Waals surface area contributed by atoms with Gasteiger partial charge in [-0.2, -0.15) is 0 Å². The van der Waals surface area contributed by atoms with E-state index in [4.69, 9.17) is 4.74 Å². The second kappa shape index (κ2) is 19.4. The molecule has 1 unspecified atom stereocenters. The number of hydrogen-bond acceptors (Lipinski definition) is 3. The van der Waals surface area contributed by atoms with Gasteiger partial charge in [-0.1, -0.05) is 77.4 Å². The van der Waals surface area contributed by atoms with Gasteiger partial charge in [0.1, 0.15) is 0 Å². The summed E-state index contributed by atoms with van der Waals surface area (Å²) in [5, 5.41) is 9.24. The zero-order chi connectivity index (χ0) is 20.2. The van der Waals surface area contributed by atoms with Gasteiger partial charge in [0, 0.05) is 0 Å². The Labute approximate surface area is 166 Å². The van der Waals surface area contributed by atoms with Crippen LogP contribution in [0, 0.1) is 5.92 Å². The van der Waals surface area contributed by atoms with Crippen LogP contribution in [0.5, 0.6) is 0 Å². The van der Waals surface area contributed by atoms with E-state index in [1.165, 1.54) is 57.8 Å². The summed E-state index contributed by atoms with van der Waals surface area (Å²) in [5.41, 5.74) is 0. The second-order valence-corrected chi connectivity index (χ2v) is 7.48. The molecule has 27 heavy (non-hydrogen) atoms. The van der Waals surface area contributed by atoms with Gasteiger partial charge in [0.15, 0.2) is 0 Å². The van der Waals surface area contributed by atoms with Gasteiger partial charge < -0.3 is 9.84 Å². The van der Waals surface area contributed by atoms with E-state index in [1.807, 2.05) is 6.92 Å². The number of esters is 1. The summed E-state index contributed by atoms with van der Waals surface area (Å²) >= 11 is 0. The van der Waals surface area contributed by atoms with Crippen molar-refractivity contribution in [2.24, 2.45) is 5.92 Å². The third-order valence-electron chi connectivity index (χ3n) is 4.79. The van der Waals surface area contributed by atoms with Gasteiger partial charge >= 0.3 is 11.9 Å². The van der Waals surface area contributed by atoms with Crippen molar-refractivity contribution in [3.05, 3.63) is 12.2 Å². The van der Waals surface area contributed by atoms with Crippen molar-refractivity contribution in [2.45, 2.75) is 110 Å². The molecule has 1 atom stereocenters. The lowest BCUT2D eigenvalue weighted by molar-refractivity contribution is -0.151. The van der Waals surface area contributed by atoms with Gasteiger partial charge in [-0.15, -0.1) is 0 Å². The molecule has 0 aliphatic carbocycles. The van der Waals surface area contributed by atoms with E-state index in [0.717, 1.165) is 25.7 Å². The van der Waals surface area contributed by atoms with Crippen LogP contribution in [0.3, 0.4) is 0 Å². The monoisotopic (exact) mass is 382 g/mol. The summed E-state index contributed by atoms with van der Waals surface area (Å²) in [5.74, 6) is -1.87. The van der Waals surface area contributed by atoms with Crippen molar-refractivity contribution in [1.29, 1.82) is 0 Å². The average Bonchev–Trinajstić information content (AvgIpc) is 2.65. The molecule has 0 saturated carbocycles. The van der Waals surface area contributed by atoms with E-state index in [0.29, 0.717) is 13.0 Å². The predicted octanol–water partition coefficient (Wildman–Crippen LogP) is 6.68. The molecule has 0 radical (unpaired) electrons. The molecule has 0 spiro atoms. The van der Waals surface area contributed by atoms with Gasteiger partial charge in [-0.05, 0) is 38.5 Å². The maximum Gasteiger partial charge on any atom is 0.307 e. The number of carboxylic acids is 1. The van der Waals surface area contributed by atoms with Crippen molar-refractivity contribution in [2.75, 3.05) is 6.61 Å². The third-order valence-corrected chi connectivity index (χ3v) is 4.79. The summed E-state index contributed by atoms with van der Waals surface area (Å²) in [6.07, 6.45) is 20.4. The zero-order valence-electron chi connectivity index (χ0n) is 17.7. The Kier molecular flexibility index (Phi) is 18.5. The molecule has 4 heteroatoms. The van der Waals surface area contributed by atoms with Crippen LogP contribution in [-0.4, -0.2) is 23.7 Å². The molecular formula is C23H42O4. The summed E-state index contributed by atoms with van der Waals surface area (Å²) in [7, 11) is 0. The molecule has 4 nitrogen and oxygen atoms in total. The number of unbranched alkanes of at least 4 members (excludes halogenated alkanes) is 10. The molecule has 0 fully saturated rings. The minimum absolute atomic E-state index is 0.000112. The Morgan fingerprint density at radius 1 is 0.815 bits per heavy atom. The second-order valence-electron chi connectivity index (χ2n) is 7.48. The Balaban J connectivity index is 3.56. The first-order valence-electron chi connectivity index (χ1n) is 11.1. The molecule has 0 aromatic rings. The van der Waals surface area contributed by atoms with Gasteiger partial charge in [-0.25, -0.2) is 0 Å². The molecule has 0 aromatic heterocycles. The SMILES string of the molecule is CCCCCC/C=C/CCCCCCCCC(CC(=O)OCCC)C(=O)O. The number of carbonyl (C=O) groups excluding carboxylic acids is 1. The van der Waals surface area contributed by atoms with Crippen LogP contribution in [0.1, 0.15) is 110 Å². The van der Waals surface area contributed by atoms with Crippen molar-refractivity contribution >= 4 is 11.9 Å². The van der Waals surface area contributed by atoms with Crippen LogP contribution in [0.15, 0.2) is 12.2 Å². The highest BCUT2D eigenvalue weighted by molar-refractivity contribution is 5.78. The Bertz CT molecular complexity index is 390. The Hall–Kier alpha value is -1.32. The number of aliphatic carboxylic acids is 1. The van der Waals surface area contributed by atoms with Crippen molar-refractivity contribution < 1.29 is 19.4 Å². The molecule has 0 bridgehead atoms. The normalized spacial score (nSPS) is 12.4. The number of ether oxygens (including phenoxy) is 1. The van der Waals surface area contributed by atoms with E-state index in [1.54, 1.807) is 0 Å². The molecular weight excluding hydrogens is 340 g/mol. The molecule has 0 amide bonds. The topological polar surface area (TPSA) is 63.6 Å². The maximum atomic E-state index is 11.6. The van der Waals surface area contributed by atoms with E-state index in [-0.39, 0.29) is 12.4 Å². The molecule has 158 valence electrons. The highest BCUT2D eigenvalue weighted by Gasteiger charge is 2.21. The van der Waals surface area contributed by atoms with Gasteiger partial charge in [-0.3, -0.25) is 9.59 Å². The lowest BCUT2D eigenvalue weighted by atomic mass is 9.97. The Morgan fingerprint density at radius 3 is 1.93 bits per heavy atom. The number of rotatable bonds is 19. The lowest BCUT2D eigenvalue weighted by Gasteiger charge is -2.11. The van der Waals surface area contributed by atoms with E-state index < -0.39 is 11.9 Å². The number of carboxylic acid groups (broad SMARTS) is 1. The average molecular weight is 383 g/mol. The first-order valence-corrected chi connectivity index (χ1v) is 11.1. The highest BCUT2D eigenvalue weighted by atomic mass is 16.5. The summed E-state index contributed by atoms with van der Waals surface area (Å²) in [6.45, 7) is 4.54. The molecule has 0 aliphatic heterocycles. The van der Waals surface area contributed by atoms with Gasteiger partial charge in [0.05, 0.1) is 18.9 Å². The van der Waals surface area contributed by atoms with Crippen LogP contribution < -0.4 is 0 Å². The molecule has 0 aromatic carbocycles. The fourth-order valence-corrected chi connectivity index (χ4v) is 3.07. The first-order chi connectivity index (χ1) is 13.1. The minimum atomic E-state index is -0.884. The quantitative estimate of drug-likeness (QED) is 0.154. The minimum Gasteiger partial charge on any atom is -0.481 e. The molecule has 1 N–H and O–H groups in total. The fraction of sp³-hybridized carbons (Fsp3) is 0.826. The van der Waals surface area contributed by atoms with Crippen LogP contribution in [0.25, 0.3) is 0 Å². The lowest BCUT2D eigenvalue weighted by Crippen LogP contribution is -2.19. The fourth-order valence-electron chi connectivity index (χ4n) is 3.07. The standard InChI is InChI=1S/C23H42O4/c1-3-5-6-7-8-9-10-11-12-13-14-15-16-17-18-21(23(25)26)20-22(24)27-19-4-2/h9-10,21H,3-8,11-20H2,1-2H3,(H,25,26)/b10-9+. The molecule has 0 aliphatic rings. The highest BCUT2D eigenvalue weighted by Crippen LogP contribution is 2.17. The summed E-state index contributed by atoms with van der Waals surface area (Å²) in [6, 6.07) is 0. The number of hydrogen-bond donors (Lipinski definition) is 1.